The number of hydrogen-bond donors (Lipinski definition) is 0. The van der Waals surface area contributed by atoms with E-state index in [2.05, 4.69) is 0 Å². The van der Waals surface area contributed by atoms with E-state index in [4.69, 9.17) is 24.0 Å². The number of piperidine rings is 1. The number of rotatable bonds is 5. The lowest BCUT2D eigenvalue weighted by Crippen LogP contribution is -2.47. The predicted octanol–water partition coefficient (Wildman–Crippen LogP) is 3.54. The largest absolute Gasteiger partial charge is 0.493 e. The Balaban J connectivity index is 1.50. The van der Waals surface area contributed by atoms with E-state index >= 15 is 0 Å². The molecule has 1 aromatic heterocycles. The molecule has 3 aromatic rings. The van der Waals surface area contributed by atoms with Crippen molar-refractivity contribution in [2.45, 2.75) is 18.6 Å². The van der Waals surface area contributed by atoms with Gasteiger partial charge in [0.1, 0.15) is 5.69 Å². The van der Waals surface area contributed by atoms with Crippen molar-refractivity contribution < 1.29 is 23.7 Å². The van der Waals surface area contributed by atoms with Gasteiger partial charge in [0, 0.05) is 37.7 Å². The molecule has 2 aliphatic rings. The molecule has 2 saturated heterocycles. The quantitative estimate of drug-likeness (QED) is 0.593. The van der Waals surface area contributed by atoms with Crippen LogP contribution in [-0.4, -0.2) is 66.9 Å². The first-order chi connectivity index (χ1) is 16.1. The SMILES string of the molecule is COc1ccc(-c2nn(-c3ccccc3)cc2C(=O)N2CCC3(CC2)OCCO3)cc1OC. The summed E-state index contributed by atoms with van der Waals surface area (Å²) >= 11 is 0. The first-order valence-electron chi connectivity index (χ1n) is 11.1. The van der Waals surface area contributed by atoms with Gasteiger partial charge in [0.05, 0.1) is 38.7 Å². The molecule has 0 saturated carbocycles. The summed E-state index contributed by atoms with van der Waals surface area (Å²) in [5.74, 6) is 0.611. The lowest BCUT2D eigenvalue weighted by molar-refractivity contribution is -0.181. The van der Waals surface area contributed by atoms with Gasteiger partial charge in [-0.2, -0.15) is 5.10 Å². The highest BCUT2D eigenvalue weighted by Crippen LogP contribution is 2.35. The number of likely N-dealkylation sites (tertiary alicyclic amines) is 1. The molecular formula is C25H27N3O5. The Morgan fingerprint density at radius 1 is 0.970 bits per heavy atom. The van der Waals surface area contributed by atoms with Crippen LogP contribution >= 0.6 is 0 Å². The highest BCUT2D eigenvalue weighted by atomic mass is 16.7. The fraction of sp³-hybridized carbons (Fsp3) is 0.360. The van der Waals surface area contributed by atoms with Crippen LogP contribution in [0.4, 0.5) is 0 Å². The fourth-order valence-corrected chi connectivity index (χ4v) is 4.45. The molecule has 2 aromatic carbocycles. The summed E-state index contributed by atoms with van der Waals surface area (Å²) in [6.07, 6.45) is 3.13. The number of benzene rings is 2. The highest BCUT2D eigenvalue weighted by Gasteiger charge is 2.41. The van der Waals surface area contributed by atoms with Crippen LogP contribution in [0.1, 0.15) is 23.2 Å². The number of nitrogens with zero attached hydrogens (tertiary/aromatic N) is 3. The van der Waals surface area contributed by atoms with Crippen LogP contribution in [0, 0.1) is 0 Å². The summed E-state index contributed by atoms with van der Waals surface area (Å²) in [5.41, 5.74) is 2.79. The zero-order chi connectivity index (χ0) is 22.8. The molecule has 0 atom stereocenters. The summed E-state index contributed by atoms with van der Waals surface area (Å²) < 4.78 is 24.2. The van der Waals surface area contributed by atoms with Gasteiger partial charge in [0.25, 0.3) is 5.91 Å². The smallest absolute Gasteiger partial charge is 0.257 e. The van der Waals surface area contributed by atoms with Gasteiger partial charge in [-0.05, 0) is 30.3 Å². The second-order valence-electron chi connectivity index (χ2n) is 8.14. The average molecular weight is 450 g/mol. The minimum absolute atomic E-state index is 0.0604. The van der Waals surface area contributed by atoms with Crippen LogP contribution in [0.3, 0.4) is 0 Å². The number of ether oxygens (including phenoxy) is 4. The molecule has 8 heteroatoms. The second kappa shape index (κ2) is 8.88. The van der Waals surface area contributed by atoms with Gasteiger partial charge in [-0.15, -0.1) is 0 Å². The Bertz CT molecular complexity index is 1130. The van der Waals surface area contributed by atoms with Crippen molar-refractivity contribution in [3.63, 3.8) is 0 Å². The van der Waals surface area contributed by atoms with E-state index < -0.39 is 5.79 Å². The zero-order valence-corrected chi connectivity index (χ0v) is 18.8. The van der Waals surface area contributed by atoms with E-state index in [1.54, 1.807) is 25.1 Å². The molecule has 3 heterocycles. The third-order valence-corrected chi connectivity index (χ3v) is 6.25. The Labute approximate surface area is 192 Å². The summed E-state index contributed by atoms with van der Waals surface area (Å²) in [6.45, 7) is 2.37. The third kappa shape index (κ3) is 4.07. The van der Waals surface area contributed by atoms with Crippen LogP contribution in [-0.2, 0) is 9.47 Å². The van der Waals surface area contributed by atoms with E-state index in [-0.39, 0.29) is 5.91 Å². The number of methoxy groups -OCH3 is 2. The lowest BCUT2D eigenvalue weighted by Gasteiger charge is -2.37. The first-order valence-corrected chi connectivity index (χ1v) is 11.1. The Morgan fingerprint density at radius 2 is 1.67 bits per heavy atom. The van der Waals surface area contributed by atoms with Crippen molar-refractivity contribution in [2.75, 3.05) is 40.5 Å². The lowest BCUT2D eigenvalue weighted by atomic mass is 10.0. The maximum Gasteiger partial charge on any atom is 0.257 e. The zero-order valence-electron chi connectivity index (χ0n) is 18.8. The molecule has 0 N–H and O–H groups in total. The van der Waals surface area contributed by atoms with Crippen molar-refractivity contribution in [1.29, 1.82) is 0 Å². The third-order valence-electron chi connectivity index (χ3n) is 6.25. The molecule has 2 fully saturated rings. The van der Waals surface area contributed by atoms with Crippen LogP contribution in [0.25, 0.3) is 16.9 Å². The Hall–Kier alpha value is -3.36. The summed E-state index contributed by atoms with van der Waals surface area (Å²) in [6, 6.07) is 15.3. The first kappa shape index (κ1) is 21.5. The van der Waals surface area contributed by atoms with E-state index in [9.17, 15) is 4.79 Å². The van der Waals surface area contributed by atoms with Crippen LogP contribution < -0.4 is 9.47 Å². The predicted molar refractivity (Wildman–Crippen MR) is 122 cm³/mol. The number of hydrogen-bond acceptors (Lipinski definition) is 6. The van der Waals surface area contributed by atoms with Gasteiger partial charge < -0.3 is 23.8 Å². The number of carbonyl (C=O) groups is 1. The standard InChI is InChI=1S/C25H27N3O5/c1-30-21-9-8-18(16-22(21)31-2)23-20(17-28(26-23)19-6-4-3-5-7-19)24(29)27-12-10-25(11-13-27)32-14-15-33-25/h3-9,16-17H,10-15H2,1-2H3. The minimum atomic E-state index is -0.531. The van der Waals surface area contributed by atoms with Crippen molar-refractivity contribution in [3.8, 4) is 28.4 Å². The molecule has 33 heavy (non-hydrogen) atoms. The molecule has 0 radical (unpaired) electrons. The number of carbonyl (C=O) groups excluding carboxylic acids is 1. The van der Waals surface area contributed by atoms with E-state index in [1.807, 2.05) is 53.4 Å². The van der Waals surface area contributed by atoms with E-state index in [0.29, 0.717) is 61.9 Å². The normalized spacial score (nSPS) is 17.3. The maximum atomic E-state index is 13.7. The molecular weight excluding hydrogens is 422 g/mol. The molecule has 0 aliphatic carbocycles. The number of aromatic nitrogens is 2. The fourth-order valence-electron chi connectivity index (χ4n) is 4.45. The summed E-state index contributed by atoms with van der Waals surface area (Å²) in [5, 5.41) is 4.79. The second-order valence-corrected chi connectivity index (χ2v) is 8.14. The molecule has 0 bridgehead atoms. The van der Waals surface area contributed by atoms with Crippen molar-refractivity contribution in [2.24, 2.45) is 0 Å². The Kier molecular flexibility index (Phi) is 5.78. The molecule has 5 rings (SSSR count). The molecule has 8 nitrogen and oxygen atoms in total. The van der Waals surface area contributed by atoms with Crippen molar-refractivity contribution in [3.05, 3.63) is 60.3 Å². The van der Waals surface area contributed by atoms with E-state index in [1.165, 1.54) is 0 Å². The van der Waals surface area contributed by atoms with Gasteiger partial charge in [0.15, 0.2) is 17.3 Å². The molecule has 2 aliphatic heterocycles. The minimum Gasteiger partial charge on any atom is -0.493 e. The summed E-state index contributed by atoms with van der Waals surface area (Å²) in [7, 11) is 3.19. The van der Waals surface area contributed by atoms with Gasteiger partial charge >= 0.3 is 0 Å². The molecule has 1 amide bonds. The average Bonchev–Trinajstić information content (AvgIpc) is 3.52. The molecule has 0 unspecified atom stereocenters. The van der Waals surface area contributed by atoms with Crippen molar-refractivity contribution in [1.82, 2.24) is 14.7 Å². The monoisotopic (exact) mass is 449 g/mol. The van der Waals surface area contributed by atoms with Crippen molar-refractivity contribution >= 4 is 5.91 Å². The molecule has 1 spiro atoms. The van der Waals surface area contributed by atoms with Gasteiger partial charge in [-0.1, -0.05) is 18.2 Å². The Morgan fingerprint density at radius 3 is 2.33 bits per heavy atom. The van der Waals surface area contributed by atoms with Gasteiger partial charge in [-0.25, -0.2) is 4.68 Å². The molecule has 172 valence electrons. The van der Waals surface area contributed by atoms with Crippen LogP contribution in [0.2, 0.25) is 0 Å². The van der Waals surface area contributed by atoms with E-state index in [0.717, 1.165) is 11.3 Å². The van der Waals surface area contributed by atoms with Crippen LogP contribution in [0.15, 0.2) is 54.7 Å². The topological polar surface area (TPSA) is 75.1 Å². The number of para-hydroxylation sites is 1. The van der Waals surface area contributed by atoms with Gasteiger partial charge in [-0.3, -0.25) is 4.79 Å². The highest BCUT2D eigenvalue weighted by molar-refractivity contribution is 6.00. The van der Waals surface area contributed by atoms with Gasteiger partial charge in [0.2, 0.25) is 0 Å². The number of amides is 1. The van der Waals surface area contributed by atoms with Crippen LogP contribution in [0.5, 0.6) is 11.5 Å². The summed E-state index contributed by atoms with van der Waals surface area (Å²) in [4.78, 5) is 15.5. The maximum absolute atomic E-state index is 13.7.